The molecule has 6 nitrogen and oxygen atoms in total. The van der Waals surface area contributed by atoms with Gasteiger partial charge in [-0.05, 0) is 19.3 Å². The molecule has 0 aromatic heterocycles. The Morgan fingerprint density at radius 3 is 2.73 bits per heavy atom. The van der Waals surface area contributed by atoms with E-state index in [2.05, 4.69) is 15.2 Å². The van der Waals surface area contributed by atoms with Crippen molar-refractivity contribution in [1.82, 2.24) is 10.2 Å². The second-order valence-electron chi connectivity index (χ2n) is 5.78. The Bertz CT molecular complexity index is 306. The zero-order chi connectivity index (χ0) is 14.8. The summed E-state index contributed by atoms with van der Waals surface area (Å²) in [4.78, 5) is 6.76. The highest BCUT2D eigenvalue weighted by molar-refractivity contribution is 14.0. The molecule has 1 saturated heterocycles. The van der Waals surface area contributed by atoms with E-state index in [1.807, 2.05) is 0 Å². The van der Waals surface area contributed by atoms with E-state index < -0.39 is 0 Å². The van der Waals surface area contributed by atoms with E-state index in [4.69, 9.17) is 15.2 Å². The van der Waals surface area contributed by atoms with E-state index in [-0.39, 0.29) is 24.0 Å². The first-order valence-corrected chi connectivity index (χ1v) is 8.30. The van der Waals surface area contributed by atoms with Gasteiger partial charge in [-0.15, -0.1) is 24.0 Å². The van der Waals surface area contributed by atoms with Gasteiger partial charge in [0.2, 0.25) is 0 Å². The average Bonchev–Trinajstić information content (AvgIpc) is 3.02. The lowest BCUT2D eigenvalue weighted by Crippen LogP contribution is -2.37. The van der Waals surface area contributed by atoms with Crippen LogP contribution in [0.1, 0.15) is 32.1 Å². The van der Waals surface area contributed by atoms with E-state index in [1.54, 1.807) is 0 Å². The zero-order valence-electron chi connectivity index (χ0n) is 13.5. The van der Waals surface area contributed by atoms with Crippen LogP contribution in [0.5, 0.6) is 0 Å². The summed E-state index contributed by atoms with van der Waals surface area (Å²) < 4.78 is 11.1. The van der Waals surface area contributed by atoms with E-state index in [0.29, 0.717) is 18.7 Å². The molecule has 1 aliphatic carbocycles. The van der Waals surface area contributed by atoms with Crippen molar-refractivity contribution in [2.45, 2.75) is 38.2 Å². The fraction of sp³-hybridized carbons (Fsp3) is 0.933. The number of ether oxygens (including phenoxy) is 2. The largest absolute Gasteiger partial charge is 0.379 e. The van der Waals surface area contributed by atoms with Crippen LogP contribution < -0.4 is 11.1 Å². The van der Waals surface area contributed by atoms with Crippen LogP contribution in [0.4, 0.5) is 0 Å². The summed E-state index contributed by atoms with van der Waals surface area (Å²) in [5, 5.41) is 3.11. The van der Waals surface area contributed by atoms with Crippen molar-refractivity contribution in [3.05, 3.63) is 0 Å². The second-order valence-corrected chi connectivity index (χ2v) is 5.78. The van der Waals surface area contributed by atoms with Gasteiger partial charge in [-0.2, -0.15) is 0 Å². The SMILES string of the molecule is I.NC(=NCCCN1CCOCC1)NCCOC1CCCC1. The molecule has 0 bridgehead atoms. The Morgan fingerprint density at radius 1 is 1.27 bits per heavy atom. The molecule has 0 unspecified atom stereocenters. The van der Waals surface area contributed by atoms with Crippen LogP contribution in [0.3, 0.4) is 0 Å². The molecule has 1 aliphatic heterocycles. The number of hydrogen-bond donors (Lipinski definition) is 2. The molecule has 0 spiro atoms. The molecule has 0 aromatic carbocycles. The normalized spacial score (nSPS) is 20.8. The van der Waals surface area contributed by atoms with E-state index in [9.17, 15) is 0 Å². The highest BCUT2D eigenvalue weighted by atomic mass is 127. The maximum Gasteiger partial charge on any atom is 0.188 e. The molecule has 1 saturated carbocycles. The van der Waals surface area contributed by atoms with Crippen LogP contribution in [0.25, 0.3) is 0 Å². The average molecular weight is 426 g/mol. The molecule has 2 rings (SSSR count). The van der Waals surface area contributed by atoms with Gasteiger partial charge in [-0.25, -0.2) is 0 Å². The van der Waals surface area contributed by atoms with Crippen LogP contribution in [0.2, 0.25) is 0 Å². The van der Waals surface area contributed by atoms with Gasteiger partial charge in [0.15, 0.2) is 5.96 Å². The molecule has 0 radical (unpaired) electrons. The molecule has 22 heavy (non-hydrogen) atoms. The van der Waals surface area contributed by atoms with Crippen LogP contribution in [-0.2, 0) is 9.47 Å². The highest BCUT2D eigenvalue weighted by Gasteiger charge is 2.14. The summed E-state index contributed by atoms with van der Waals surface area (Å²) in [6.07, 6.45) is 6.56. The third-order valence-corrected chi connectivity index (χ3v) is 4.08. The summed E-state index contributed by atoms with van der Waals surface area (Å²) in [5.41, 5.74) is 5.84. The maximum atomic E-state index is 5.84. The number of nitrogens with zero attached hydrogens (tertiary/aromatic N) is 2. The van der Waals surface area contributed by atoms with Crippen LogP contribution >= 0.6 is 24.0 Å². The Kier molecular flexibility index (Phi) is 11.2. The Hall–Kier alpha value is -0.120. The lowest BCUT2D eigenvalue weighted by molar-refractivity contribution is 0.0377. The van der Waals surface area contributed by atoms with Gasteiger partial charge in [-0.1, -0.05) is 12.8 Å². The minimum Gasteiger partial charge on any atom is -0.379 e. The van der Waals surface area contributed by atoms with Crippen molar-refractivity contribution in [3.8, 4) is 0 Å². The number of rotatable bonds is 8. The highest BCUT2D eigenvalue weighted by Crippen LogP contribution is 2.20. The molecule has 0 amide bonds. The van der Waals surface area contributed by atoms with Gasteiger partial charge >= 0.3 is 0 Å². The molecule has 7 heteroatoms. The molecule has 2 fully saturated rings. The first kappa shape index (κ1) is 19.9. The molecule has 0 atom stereocenters. The van der Waals surface area contributed by atoms with Gasteiger partial charge < -0.3 is 20.5 Å². The predicted octanol–water partition coefficient (Wildman–Crippen LogP) is 1.19. The Morgan fingerprint density at radius 2 is 2.00 bits per heavy atom. The molecule has 2 aliphatic rings. The minimum absolute atomic E-state index is 0. The molecule has 3 N–H and O–H groups in total. The van der Waals surface area contributed by atoms with Crippen LogP contribution in [0, 0.1) is 0 Å². The van der Waals surface area contributed by atoms with Crippen molar-refractivity contribution in [2.75, 3.05) is 52.5 Å². The monoisotopic (exact) mass is 426 g/mol. The van der Waals surface area contributed by atoms with Gasteiger partial charge in [0, 0.05) is 32.7 Å². The van der Waals surface area contributed by atoms with Crippen LogP contribution in [0.15, 0.2) is 4.99 Å². The summed E-state index contributed by atoms with van der Waals surface area (Å²) in [7, 11) is 0. The van der Waals surface area contributed by atoms with Gasteiger partial charge in [-0.3, -0.25) is 9.89 Å². The van der Waals surface area contributed by atoms with Crippen molar-refractivity contribution in [2.24, 2.45) is 10.7 Å². The predicted molar refractivity (Wildman–Crippen MR) is 100.0 cm³/mol. The fourth-order valence-corrected chi connectivity index (χ4v) is 2.83. The summed E-state index contributed by atoms with van der Waals surface area (Å²) in [5.74, 6) is 0.534. The van der Waals surface area contributed by atoms with E-state index >= 15 is 0 Å². The lowest BCUT2D eigenvalue weighted by atomic mass is 10.3. The third kappa shape index (κ3) is 8.50. The quantitative estimate of drug-likeness (QED) is 0.264. The number of hydrogen-bond acceptors (Lipinski definition) is 4. The number of nitrogens with one attached hydrogen (secondary N) is 1. The summed E-state index contributed by atoms with van der Waals surface area (Å²) >= 11 is 0. The number of morpholine rings is 1. The molecular formula is C15H31IN4O2. The number of aliphatic imine (C=N–C) groups is 1. The molecule has 0 aromatic rings. The lowest BCUT2D eigenvalue weighted by Gasteiger charge is -2.26. The van der Waals surface area contributed by atoms with Crippen molar-refractivity contribution >= 4 is 29.9 Å². The Labute approximate surface area is 151 Å². The zero-order valence-corrected chi connectivity index (χ0v) is 15.8. The molecule has 130 valence electrons. The van der Waals surface area contributed by atoms with Crippen molar-refractivity contribution in [1.29, 1.82) is 0 Å². The van der Waals surface area contributed by atoms with E-state index in [0.717, 1.165) is 52.4 Å². The second kappa shape index (κ2) is 12.3. The summed E-state index contributed by atoms with van der Waals surface area (Å²) in [6, 6.07) is 0. The Balaban J connectivity index is 0.00000242. The molecular weight excluding hydrogens is 395 g/mol. The van der Waals surface area contributed by atoms with Crippen molar-refractivity contribution in [3.63, 3.8) is 0 Å². The number of guanidine groups is 1. The van der Waals surface area contributed by atoms with Gasteiger partial charge in [0.25, 0.3) is 0 Å². The third-order valence-electron chi connectivity index (χ3n) is 4.08. The first-order valence-electron chi connectivity index (χ1n) is 8.30. The number of halogens is 1. The summed E-state index contributed by atoms with van der Waals surface area (Å²) in [6.45, 7) is 7.10. The van der Waals surface area contributed by atoms with E-state index in [1.165, 1.54) is 25.7 Å². The topological polar surface area (TPSA) is 72.1 Å². The standard InChI is InChI=1S/C15H30N4O2.HI/c16-15(18-7-11-21-14-4-1-2-5-14)17-6-3-8-19-9-12-20-13-10-19;/h14H,1-13H2,(H3,16,17,18);1H. The van der Waals surface area contributed by atoms with Gasteiger partial charge in [0.1, 0.15) is 0 Å². The number of nitrogens with two attached hydrogens (primary N) is 1. The van der Waals surface area contributed by atoms with Gasteiger partial charge in [0.05, 0.1) is 25.9 Å². The maximum absolute atomic E-state index is 5.84. The fourth-order valence-electron chi connectivity index (χ4n) is 2.83. The van der Waals surface area contributed by atoms with Crippen LogP contribution in [-0.4, -0.2) is 69.5 Å². The first-order chi connectivity index (χ1) is 10.3. The van der Waals surface area contributed by atoms with Crippen molar-refractivity contribution < 1.29 is 9.47 Å². The minimum atomic E-state index is 0. The smallest absolute Gasteiger partial charge is 0.188 e. The molecule has 1 heterocycles.